The molecule has 2 heterocycles. The lowest BCUT2D eigenvalue weighted by molar-refractivity contribution is 0.103. The number of nitrogens with zero attached hydrogens (tertiary/aromatic N) is 1. The van der Waals surface area contributed by atoms with Gasteiger partial charge in [0.05, 0.1) is 5.02 Å². The third-order valence-corrected chi connectivity index (χ3v) is 6.43. The van der Waals surface area contributed by atoms with Gasteiger partial charge in [0.1, 0.15) is 16.2 Å². The first-order valence-electron chi connectivity index (χ1n) is 8.83. The van der Waals surface area contributed by atoms with Gasteiger partial charge in [-0.1, -0.05) is 29.3 Å². The Bertz CT molecular complexity index is 1430. The molecule has 2 aromatic heterocycles. The van der Waals surface area contributed by atoms with Crippen LogP contribution in [0, 0.1) is 5.82 Å². The summed E-state index contributed by atoms with van der Waals surface area (Å²) in [6, 6.07) is 16.3. The first kappa shape index (κ1) is 19.1. The predicted octanol–water partition coefficient (Wildman–Crippen LogP) is 7.41. The number of halogens is 3. The number of carbonyl (C=O) groups excluding carboxylic acids is 1. The Hall–Kier alpha value is -2.93. The maximum absolute atomic E-state index is 13.1. The number of carbonyl (C=O) groups is 1. The van der Waals surface area contributed by atoms with Crippen molar-refractivity contribution < 1.29 is 13.6 Å². The molecule has 0 saturated heterocycles. The summed E-state index contributed by atoms with van der Waals surface area (Å²) in [7, 11) is 0. The molecule has 148 valence electrons. The van der Waals surface area contributed by atoms with Crippen molar-refractivity contribution in [1.82, 2.24) is 4.98 Å². The molecule has 3 aromatic carbocycles. The lowest BCUT2D eigenvalue weighted by Crippen LogP contribution is -2.10. The molecule has 0 aliphatic heterocycles. The van der Waals surface area contributed by atoms with Gasteiger partial charge in [0.25, 0.3) is 5.91 Å². The molecule has 5 rings (SSSR count). The minimum Gasteiger partial charge on any atom is -0.436 e. The molecule has 0 radical (unpaired) electrons. The lowest BCUT2D eigenvalue weighted by atomic mass is 10.2. The summed E-state index contributed by atoms with van der Waals surface area (Å²) in [4.78, 5) is 17.6. The maximum Gasteiger partial charge on any atom is 0.267 e. The molecule has 8 heteroatoms. The highest BCUT2D eigenvalue weighted by atomic mass is 35.5. The first-order valence-corrected chi connectivity index (χ1v) is 10.4. The molecule has 30 heavy (non-hydrogen) atoms. The average Bonchev–Trinajstić information content (AvgIpc) is 3.29. The van der Waals surface area contributed by atoms with Crippen molar-refractivity contribution >= 4 is 67.3 Å². The fraction of sp³-hybridized carbons (Fsp3) is 0. The second-order valence-electron chi connectivity index (χ2n) is 6.55. The number of benzene rings is 3. The van der Waals surface area contributed by atoms with Crippen LogP contribution in [-0.4, -0.2) is 10.9 Å². The summed E-state index contributed by atoms with van der Waals surface area (Å²) >= 11 is 13.7. The van der Waals surface area contributed by atoms with Crippen molar-refractivity contribution in [2.75, 3.05) is 5.32 Å². The van der Waals surface area contributed by atoms with Gasteiger partial charge in [0.15, 0.2) is 5.58 Å². The SMILES string of the molecule is O=C(Nc1ccc2oc(-c3ccc(F)cc3)nc2c1)c1sc2cc(Cl)ccc2c1Cl. The van der Waals surface area contributed by atoms with Crippen LogP contribution < -0.4 is 5.32 Å². The summed E-state index contributed by atoms with van der Waals surface area (Å²) in [6.45, 7) is 0. The highest BCUT2D eigenvalue weighted by molar-refractivity contribution is 7.21. The molecular formula is C22H11Cl2FN2O2S. The van der Waals surface area contributed by atoms with Gasteiger partial charge in [-0.25, -0.2) is 9.37 Å². The van der Waals surface area contributed by atoms with E-state index in [4.69, 9.17) is 27.6 Å². The summed E-state index contributed by atoms with van der Waals surface area (Å²) in [6.07, 6.45) is 0. The number of nitrogens with one attached hydrogen (secondary N) is 1. The zero-order valence-corrected chi connectivity index (χ0v) is 17.4. The van der Waals surface area contributed by atoms with Gasteiger partial charge in [-0.05, 0) is 54.6 Å². The van der Waals surface area contributed by atoms with Crippen molar-refractivity contribution in [3.8, 4) is 11.5 Å². The normalized spacial score (nSPS) is 11.3. The molecule has 0 saturated carbocycles. The first-order chi connectivity index (χ1) is 14.5. The second-order valence-corrected chi connectivity index (χ2v) is 8.41. The molecular weight excluding hydrogens is 446 g/mol. The minimum atomic E-state index is -0.331. The van der Waals surface area contributed by atoms with Gasteiger partial charge >= 0.3 is 0 Å². The second kappa shape index (κ2) is 7.40. The predicted molar refractivity (Wildman–Crippen MR) is 119 cm³/mol. The number of thiophene rings is 1. The zero-order valence-electron chi connectivity index (χ0n) is 15.1. The van der Waals surface area contributed by atoms with Crippen LogP contribution in [0.2, 0.25) is 10.0 Å². The topological polar surface area (TPSA) is 55.1 Å². The number of rotatable bonds is 3. The van der Waals surface area contributed by atoms with E-state index in [1.54, 1.807) is 48.5 Å². The standard InChI is InChI=1S/C22H11Cl2FN2O2S/c23-12-3-7-15-18(9-12)30-20(19(15)24)21(28)26-14-6-8-17-16(10-14)27-22(29-17)11-1-4-13(25)5-2-11/h1-10H,(H,26,28). The van der Waals surface area contributed by atoms with Crippen LogP contribution in [-0.2, 0) is 0 Å². The Morgan fingerprint density at radius 1 is 1.03 bits per heavy atom. The van der Waals surface area contributed by atoms with Gasteiger partial charge in [-0.3, -0.25) is 4.79 Å². The Labute approximate surface area is 183 Å². The largest absolute Gasteiger partial charge is 0.436 e. The fourth-order valence-electron chi connectivity index (χ4n) is 3.09. The molecule has 0 aliphatic carbocycles. The quantitative estimate of drug-likeness (QED) is 0.307. The number of anilines is 1. The van der Waals surface area contributed by atoms with Gasteiger partial charge in [-0.2, -0.15) is 0 Å². The van der Waals surface area contributed by atoms with Crippen molar-refractivity contribution in [3.63, 3.8) is 0 Å². The van der Waals surface area contributed by atoms with Crippen molar-refractivity contribution in [2.24, 2.45) is 0 Å². The van der Waals surface area contributed by atoms with E-state index in [1.165, 1.54) is 23.5 Å². The Kier molecular flexibility index (Phi) is 4.70. The minimum absolute atomic E-state index is 0.320. The molecule has 0 aliphatic rings. The van der Waals surface area contributed by atoms with E-state index in [0.717, 1.165) is 10.1 Å². The van der Waals surface area contributed by atoms with E-state index in [1.807, 2.05) is 0 Å². The summed E-state index contributed by atoms with van der Waals surface area (Å²) < 4.78 is 19.7. The fourth-order valence-corrected chi connectivity index (χ4v) is 4.78. The molecule has 0 fully saturated rings. The van der Waals surface area contributed by atoms with Crippen LogP contribution in [0.5, 0.6) is 0 Å². The summed E-state index contributed by atoms with van der Waals surface area (Å²) in [5.74, 6) is -0.279. The molecule has 1 N–H and O–H groups in total. The maximum atomic E-state index is 13.1. The molecule has 1 amide bonds. The molecule has 5 aromatic rings. The van der Waals surface area contributed by atoms with E-state index in [2.05, 4.69) is 10.3 Å². The van der Waals surface area contributed by atoms with Crippen molar-refractivity contribution in [1.29, 1.82) is 0 Å². The third-order valence-electron chi connectivity index (χ3n) is 4.53. The van der Waals surface area contributed by atoms with E-state index >= 15 is 0 Å². The molecule has 4 nitrogen and oxygen atoms in total. The number of aromatic nitrogens is 1. The zero-order chi connectivity index (χ0) is 20.8. The van der Waals surface area contributed by atoms with Crippen molar-refractivity contribution in [3.05, 3.63) is 81.4 Å². The van der Waals surface area contributed by atoms with Crippen LogP contribution in [0.25, 0.3) is 32.6 Å². The van der Waals surface area contributed by atoms with Gasteiger partial charge in [-0.15, -0.1) is 11.3 Å². The Morgan fingerprint density at radius 3 is 2.63 bits per heavy atom. The van der Waals surface area contributed by atoms with Gasteiger partial charge in [0, 0.05) is 26.4 Å². The van der Waals surface area contributed by atoms with Crippen LogP contribution in [0.15, 0.2) is 65.1 Å². The van der Waals surface area contributed by atoms with Gasteiger partial charge in [0.2, 0.25) is 5.89 Å². The molecule has 0 atom stereocenters. The highest BCUT2D eigenvalue weighted by Crippen LogP contribution is 2.37. The number of hydrogen-bond acceptors (Lipinski definition) is 4. The molecule has 0 bridgehead atoms. The van der Waals surface area contributed by atoms with Gasteiger partial charge < -0.3 is 9.73 Å². The summed E-state index contributed by atoms with van der Waals surface area (Å²) in [5.41, 5.74) is 2.34. The smallest absolute Gasteiger partial charge is 0.267 e. The van der Waals surface area contributed by atoms with E-state index < -0.39 is 0 Å². The van der Waals surface area contributed by atoms with Crippen molar-refractivity contribution in [2.45, 2.75) is 0 Å². The van der Waals surface area contributed by atoms with Crippen LogP contribution in [0.1, 0.15) is 9.67 Å². The number of oxazole rings is 1. The number of fused-ring (bicyclic) bond motifs is 2. The monoisotopic (exact) mass is 456 g/mol. The average molecular weight is 457 g/mol. The van der Waals surface area contributed by atoms with Crippen LogP contribution in [0.4, 0.5) is 10.1 Å². The molecule has 0 unspecified atom stereocenters. The third kappa shape index (κ3) is 3.43. The molecule has 0 spiro atoms. The number of amides is 1. The Balaban J connectivity index is 1.44. The highest BCUT2D eigenvalue weighted by Gasteiger charge is 2.18. The van der Waals surface area contributed by atoms with E-state index in [9.17, 15) is 9.18 Å². The number of hydrogen-bond donors (Lipinski definition) is 1. The van der Waals surface area contributed by atoms with Crippen LogP contribution >= 0.6 is 34.5 Å². The van der Waals surface area contributed by atoms with E-state index in [-0.39, 0.29) is 11.7 Å². The lowest BCUT2D eigenvalue weighted by Gasteiger charge is -2.03. The Morgan fingerprint density at radius 2 is 1.83 bits per heavy atom. The summed E-state index contributed by atoms with van der Waals surface area (Å²) in [5, 5.41) is 4.61. The van der Waals surface area contributed by atoms with Crippen LogP contribution in [0.3, 0.4) is 0 Å². The van der Waals surface area contributed by atoms with E-state index in [0.29, 0.717) is 43.2 Å².